The maximum Gasteiger partial charge on any atom is 0.326 e. The average molecular weight is 363 g/mol. The number of hydrogen-bond acceptors (Lipinski definition) is 5. The second-order valence-electron chi connectivity index (χ2n) is 3.99. The second kappa shape index (κ2) is 16.1. The molecule has 1 amide bonds. The van der Waals surface area contributed by atoms with E-state index >= 15 is 0 Å². The first-order chi connectivity index (χ1) is 9.47. The number of carbonyl (C=O) groups excluding carboxylic acids is 1. The number of nitrogens with one attached hydrogen (secondary N) is 3. The van der Waals surface area contributed by atoms with Gasteiger partial charge in [0, 0.05) is 13.7 Å². The van der Waals surface area contributed by atoms with E-state index in [9.17, 15) is 9.59 Å². The molecule has 1 atom stereocenters. The van der Waals surface area contributed by atoms with Crippen LogP contribution in [-0.4, -0.2) is 62.5 Å². The minimum Gasteiger partial charge on any atom is -0.480 e. The number of halogens is 2. The zero-order chi connectivity index (χ0) is 15.4. The lowest BCUT2D eigenvalue weighted by molar-refractivity contribution is -0.142. The molecule has 1 unspecified atom stereocenters. The summed E-state index contributed by atoms with van der Waals surface area (Å²) < 4.78 is 9.73. The van der Waals surface area contributed by atoms with Crippen LogP contribution in [0.15, 0.2) is 0 Å². The molecule has 0 aliphatic rings. The maximum absolute atomic E-state index is 11.5. The second-order valence-corrected chi connectivity index (χ2v) is 3.99. The number of methoxy groups -OCH3 is 1. The standard InChI is InChI=1S/C11H22N4O5.2ClH/c1-19-5-6-20-7-9(16)15-8(10(17)18)3-2-4-14-11(12)13;;/h8H,2-7H2,1H3,(H,15,16)(H,17,18)(H4,12,13,14);2*1H. The highest BCUT2D eigenvalue weighted by molar-refractivity contribution is 5.85. The quantitative estimate of drug-likeness (QED) is 0.186. The molecule has 9 nitrogen and oxygen atoms in total. The van der Waals surface area contributed by atoms with Gasteiger partial charge < -0.3 is 30.9 Å². The Morgan fingerprint density at radius 3 is 2.45 bits per heavy atom. The molecular weight excluding hydrogens is 339 g/mol. The third-order valence-electron chi connectivity index (χ3n) is 2.28. The minimum absolute atomic E-state index is 0. The summed E-state index contributed by atoms with van der Waals surface area (Å²) in [4.78, 5) is 22.4. The molecule has 132 valence electrons. The number of carboxylic acids is 1. The summed E-state index contributed by atoms with van der Waals surface area (Å²) in [6, 6.07) is -0.984. The Morgan fingerprint density at radius 2 is 1.95 bits per heavy atom. The lowest BCUT2D eigenvalue weighted by Crippen LogP contribution is -2.43. The highest BCUT2D eigenvalue weighted by Crippen LogP contribution is 1.97. The molecule has 0 aromatic carbocycles. The summed E-state index contributed by atoms with van der Waals surface area (Å²) in [5, 5.41) is 20.8. The number of amides is 1. The highest BCUT2D eigenvalue weighted by atomic mass is 35.5. The van der Waals surface area contributed by atoms with Gasteiger partial charge in [-0.15, -0.1) is 24.8 Å². The van der Waals surface area contributed by atoms with E-state index in [1.54, 1.807) is 0 Å². The van der Waals surface area contributed by atoms with E-state index in [4.69, 9.17) is 25.7 Å². The number of rotatable bonds is 11. The summed E-state index contributed by atoms with van der Waals surface area (Å²) >= 11 is 0. The van der Waals surface area contributed by atoms with Crippen molar-refractivity contribution in [2.45, 2.75) is 18.9 Å². The first-order valence-corrected chi connectivity index (χ1v) is 6.14. The van der Waals surface area contributed by atoms with E-state index in [0.29, 0.717) is 19.6 Å². The molecule has 0 aromatic heterocycles. The van der Waals surface area contributed by atoms with E-state index in [0.717, 1.165) is 0 Å². The molecule has 0 bridgehead atoms. The average Bonchev–Trinajstić information content (AvgIpc) is 2.37. The molecule has 0 aliphatic heterocycles. The van der Waals surface area contributed by atoms with Gasteiger partial charge in [0.15, 0.2) is 5.96 Å². The topological polar surface area (TPSA) is 147 Å². The fourth-order valence-electron chi connectivity index (χ4n) is 1.33. The van der Waals surface area contributed by atoms with Gasteiger partial charge in [0.2, 0.25) is 5.91 Å². The van der Waals surface area contributed by atoms with Crippen LogP contribution in [0.1, 0.15) is 12.8 Å². The van der Waals surface area contributed by atoms with Crippen molar-refractivity contribution in [1.29, 1.82) is 5.41 Å². The van der Waals surface area contributed by atoms with Gasteiger partial charge in [-0.2, -0.15) is 0 Å². The first kappa shape index (κ1) is 25.7. The van der Waals surface area contributed by atoms with Crippen molar-refractivity contribution in [2.75, 3.05) is 33.5 Å². The SMILES string of the molecule is COCCOCC(=O)NC(CCCNC(=N)N)C(=O)O.Cl.Cl. The number of carbonyl (C=O) groups is 2. The predicted octanol–water partition coefficient (Wildman–Crippen LogP) is -0.674. The molecule has 0 heterocycles. The van der Waals surface area contributed by atoms with Gasteiger partial charge in [-0.3, -0.25) is 10.2 Å². The van der Waals surface area contributed by atoms with Gasteiger partial charge >= 0.3 is 5.97 Å². The number of hydrogen-bond donors (Lipinski definition) is 5. The third-order valence-corrected chi connectivity index (χ3v) is 2.28. The zero-order valence-corrected chi connectivity index (χ0v) is 13.9. The summed E-state index contributed by atoms with van der Waals surface area (Å²) in [7, 11) is 1.51. The molecule has 22 heavy (non-hydrogen) atoms. The molecule has 0 saturated carbocycles. The van der Waals surface area contributed by atoms with Crippen LogP contribution < -0.4 is 16.4 Å². The van der Waals surface area contributed by atoms with E-state index in [1.807, 2.05) is 0 Å². The lowest BCUT2D eigenvalue weighted by Gasteiger charge is -2.14. The number of nitrogens with two attached hydrogens (primary N) is 1. The van der Waals surface area contributed by atoms with Gasteiger partial charge in [-0.25, -0.2) is 4.79 Å². The van der Waals surface area contributed by atoms with Crippen LogP contribution in [0.5, 0.6) is 0 Å². The molecule has 0 saturated heterocycles. The van der Waals surface area contributed by atoms with Crippen LogP contribution in [0.2, 0.25) is 0 Å². The smallest absolute Gasteiger partial charge is 0.326 e. The van der Waals surface area contributed by atoms with Crippen LogP contribution in [0.25, 0.3) is 0 Å². The Balaban J connectivity index is -0.00000180. The van der Waals surface area contributed by atoms with E-state index in [-0.39, 0.29) is 50.4 Å². The fraction of sp³-hybridized carbons (Fsp3) is 0.727. The molecule has 6 N–H and O–H groups in total. The molecule has 11 heteroatoms. The first-order valence-electron chi connectivity index (χ1n) is 6.14. The molecule has 0 radical (unpaired) electrons. The summed E-state index contributed by atoms with van der Waals surface area (Å²) in [6.45, 7) is 0.800. The molecule has 0 rings (SSSR count). The van der Waals surface area contributed by atoms with Crippen molar-refractivity contribution in [3.8, 4) is 0 Å². The monoisotopic (exact) mass is 362 g/mol. The predicted molar refractivity (Wildman–Crippen MR) is 85.9 cm³/mol. The molecule has 0 aromatic rings. The lowest BCUT2D eigenvalue weighted by atomic mass is 10.1. The van der Waals surface area contributed by atoms with Gasteiger partial charge in [0.1, 0.15) is 12.6 Å². The van der Waals surface area contributed by atoms with Crippen molar-refractivity contribution < 1.29 is 24.2 Å². The number of carboxylic acid groups (broad SMARTS) is 1. The van der Waals surface area contributed by atoms with Crippen LogP contribution in [-0.2, 0) is 19.1 Å². The Morgan fingerprint density at radius 1 is 1.32 bits per heavy atom. The Bertz CT molecular complexity index is 334. The zero-order valence-electron chi connectivity index (χ0n) is 12.3. The van der Waals surface area contributed by atoms with Gasteiger partial charge in [0.05, 0.1) is 13.2 Å². The van der Waals surface area contributed by atoms with Crippen molar-refractivity contribution in [3.05, 3.63) is 0 Å². The summed E-state index contributed by atoms with van der Waals surface area (Å²) in [6.07, 6.45) is 0.695. The molecule has 0 spiro atoms. The Hall–Kier alpha value is -1.29. The van der Waals surface area contributed by atoms with E-state index < -0.39 is 17.9 Å². The number of guanidine groups is 1. The van der Waals surface area contributed by atoms with Gasteiger partial charge in [-0.1, -0.05) is 0 Å². The maximum atomic E-state index is 11.5. The van der Waals surface area contributed by atoms with Crippen molar-refractivity contribution >= 4 is 42.7 Å². The Labute approximate surface area is 141 Å². The third kappa shape index (κ3) is 15.1. The number of ether oxygens (including phenoxy) is 2. The van der Waals surface area contributed by atoms with Crippen LogP contribution >= 0.6 is 24.8 Å². The molecular formula is C11H24Cl2N4O5. The number of aliphatic carboxylic acids is 1. The minimum atomic E-state index is -1.11. The van der Waals surface area contributed by atoms with Crippen LogP contribution in [0, 0.1) is 5.41 Å². The van der Waals surface area contributed by atoms with Crippen molar-refractivity contribution in [1.82, 2.24) is 10.6 Å². The molecule has 0 fully saturated rings. The van der Waals surface area contributed by atoms with Gasteiger partial charge in [0.25, 0.3) is 0 Å². The van der Waals surface area contributed by atoms with E-state index in [2.05, 4.69) is 10.6 Å². The largest absolute Gasteiger partial charge is 0.480 e. The van der Waals surface area contributed by atoms with Gasteiger partial charge in [-0.05, 0) is 12.8 Å². The van der Waals surface area contributed by atoms with Crippen LogP contribution in [0.4, 0.5) is 0 Å². The summed E-state index contributed by atoms with van der Waals surface area (Å²) in [5.41, 5.74) is 5.09. The van der Waals surface area contributed by atoms with Crippen LogP contribution in [0.3, 0.4) is 0 Å². The normalized spacial score (nSPS) is 10.6. The van der Waals surface area contributed by atoms with E-state index in [1.165, 1.54) is 7.11 Å². The summed E-state index contributed by atoms with van der Waals surface area (Å²) in [5.74, 6) is -1.78. The fourth-order valence-corrected chi connectivity index (χ4v) is 1.33. The Kier molecular flexibility index (Phi) is 18.8. The van der Waals surface area contributed by atoms with Crippen molar-refractivity contribution in [3.63, 3.8) is 0 Å². The highest BCUT2D eigenvalue weighted by Gasteiger charge is 2.19. The molecule has 0 aliphatic carbocycles. The van der Waals surface area contributed by atoms with Crippen molar-refractivity contribution in [2.24, 2.45) is 5.73 Å².